The average molecular weight is 1310 g/mol. The third-order valence-corrected chi connectivity index (χ3v) is 26.8. The zero-order valence-electron chi connectivity index (χ0n) is 70.5. The molecule has 12 nitrogen and oxygen atoms in total. The summed E-state index contributed by atoms with van der Waals surface area (Å²) in [6.07, 6.45) is 10.5. The van der Waals surface area contributed by atoms with Crippen LogP contribution in [-0.2, 0) is 0 Å². The Morgan fingerprint density at radius 1 is 0.304 bits per heavy atom. The normalized spacial score (nSPS) is 26.9. The van der Waals surface area contributed by atoms with Crippen molar-refractivity contribution in [3.05, 3.63) is 0 Å². The van der Waals surface area contributed by atoms with E-state index in [0.29, 0.717) is 33.2 Å². The van der Waals surface area contributed by atoms with Gasteiger partial charge in [0.25, 0.3) is 0 Å². The summed E-state index contributed by atoms with van der Waals surface area (Å²) in [5.74, 6) is 0. The fraction of sp³-hybridized carbons (Fsp3) is 1.00. The molecule has 0 aromatic rings. The van der Waals surface area contributed by atoms with Crippen molar-refractivity contribution in [3.63, 3.8) is 0 Å². The van der Waals surface area contributed by atoms with Gasteiger partial charge in [0.05, 0.1) is 136 Å². The molecule has 6 fully saturated rings. The van der Waals surface area contributed by atoms with Crippen LogP contribution in [-0.4, -0.2) is 284 Å². The molecule has 0 spiro atoms. The molecule has 6 aliphatic rings. The van der Waals surface area contributed by atoms with E-state index in [0.717, 1.165) is 36.3 Å². The third-order valence-electron chi connectivity index (χ3n) is 26.8. The lowest BCUT2D eigenvalue weighted by atomic mass is 9.98. The van der Waals surface area contributed by atoms with Crippen molar-refractivity contribution in [2.24, 2.45) is 0 Å². The van der Waals surface area contributed by atoms with E-state index in [9.17, 15) is 0 Å². The van der Waals surface area contributed by atoms with Gasteiger partial charge in [-0.3, -0.25) is 0 Å². The van der Waals surface area contributed by atoms with E-state index in [1.807, 2.05) is 0 Å². The molecule has 6 aliphatic heterocycles. The van der Waals surface area contributed by atoms with Gasteiger partial charge in [0, 0.05) is 39.7 Å². The van der Waals surface area contributed by atoms with E-state index in [1.54, 1.807) is 0 Å². The lowest BCUT2D eigenvalue weighted by Gasteiger charge is -2.38. The molecule has 0 N–H and O–H groups in total. The van der Waals surface area contributed by atoms with E-state index in [4.69, 9.17) is 0 Å². The van der Waals surface area contributed by atoms with Crippen LogP contribution in [0.4, 0.5) is 0 Å². The van der Waals surface area contributed by atoms with Crippen LogP contribution in [0.3, 0.4) is 0 Å². The highest BCUT2D eigenvalue weighted by atomic mass is 15.6. The fourth-order valence-electron chi connectivity index (χ4n) is 17.4. The second-order valence-electron chi connectivity index (χ2n) is 36.2. The van der Waals surface area contributed by atoms with E-state index in [2.05, 4.69) is 279 Å². The SMILES string of the molecule is CCC(C)(C)N1CC(C)[N+](CC)(CC)C1.CCC(C)(C)N1C[N+](CC)(CC)CC1C.CCC1CN(C(C)(C)C)C[N+]1(CC)CC.CCC1C[N+](CC)(CC)CN1C(C)(C)C.CCCC1CN(C(C)(C)C)C[N+]1(CC)CC.CCCC1C[N+](CC)(CC)CN1C(C)(C)C. The summed E-state index contributed by atoms with van der Waals surface area (Å²) in [7, 11) is 0. The van der Waals surface area contributed by atoms with Gasteiger partial charge in [-0.2, -0.15) is 0 Å². The Bertz CT molecular complexity index is 1970. The second kappa shape index (κ2) is 37.3. The number of likely N-dealkylation sites (N-methyl/N-ethyl adjacent to an activating group) is 6. The summed E-state index contributed by atoms with van der Waals surface area (Å²) < 4.78 is 7.75. The van der Waals surface area contributed by atoms with Crippen LogP contribution in [0.25, 0.3) is 0 Å². The molecule has 0 aromatic carbocycles. The molecule has 0 radical (unpaired) electrons. The lowest BCUT2D eigenvalue weighted by molar-refractivity contribution is -0.940. The predicted molar refractivity (Wildman–Crippen MR) is 410 cm³/mol. The van der Waals surface area contributed by atoms with E-state index < -0.39 is 0 Å². The van der Waals surface area contributed by atoms with Gasteiger partial charge in [0.2, 0.25) is 0 Å². The molecule has 6 saturated heterocycles. The molecule has 552 valence electrons. The first kappa shape index (κ1) is 89.5. The molecule has 0 aromatic heterocycles. The monoisotopic (exact) mass is 1310 g/mol. The van der Waals surface area contributed by atoms with Gasteiger partial charge in [-0.15, -0.1) is 0 Å². The van der Waals surface area contributed by atoms with Crippen molar-refractivity contribution in [1.82, 2.24) is 29.4 Å². The first-order valence-corrected chi connectivity index (χ1v) is 40.0. The molecule has 0 amide bonds. The molecule has 6 rings (SSSR count). The molecule has 0 saturated carbocycles. The molecular formula is C80H178N12+6. The van der Waals surface area contributed by atoms with Gasteiger partial charge in [-0.25, -0.2) is 29.4 Å². The van der Waals surface area contributed by atoms with Crippen molar-refractivity contribution < 1.29 is 26.9 Å². The van der Waals surface area contributed by atoms with E-state index in [1.165, 1.54) is 236 Å². The molecule has 6 heterocycles. The van der Waals surface area contributed by atoms with Crippen molar-refractivity contribution in [3.8, 4) is 0 Å². The third kappa shape index (κ3) is 23.0. The maximum Gasteiger partial charge on any atom is 0.135 e. The van der Waals surface area contributed by atoms with Gasteiger partial charge in [0.15, 0.2) is 0 Å². The van der Waals surface area contributed by atoms with Gasteiger partial charge < -0.3 is 26.9 Å². The molecule has 0 aliphatic carbocycles. The maximum atomic E-state index is 2.74. The number of hydrogen-bond acceptors (Lipinski definition) is 6. The molecule has 6 unspecified atom stereocenters. The maximum absolute atomic E-state index is 2.74. The smallest absolute Gasteiger partial charge is 0.135 e. The lowest BCUT2D eigenvalue weighted by Crippen LogP contribution is -2.53. The number of hydrogen-bond donors (Lipinski definition) is 0. The fourth-order valence-corrected chi connectivity index (χ4v) is 17.4. The number of nitrogens with zero attached hydrogens (tertiary/aromatic N) is 12. The van der Waals surface area contributed by atoms with Crippen molar-refractivity contribution in [1.29, 1.82) is 0 Å². The summed E-state index contributed by atoms with van der Waals surface area (Å²) in [4.78, 5) is 16.2. The van der Waals surface area contributed by atoms with Gasteiger partial charge in [-0.1, -0.05) is 54.4 Å². The minimum atomic E-state index is 0.324. The van der Waals surface area contributed by atoms with Gasteiger partial charge in [0.1, 0.15) is 58.1 Å². The number of rotatable bonds is 22. The Morgan fingerprint density at radius 2 is 0.641 bits per heavy atom. The predicted octanol–water partition coefficient (Wildman–Crippen LogP) is 16.9. The molecule has 12 heteroatoms. The highest BCUT2D eigenvalue weighted by Crippen LogP contribution is 2.36. The summed E-state index contributed by atoms with van der Waals surface area (Å²) in [6.45, 7) is 115. The molecular weight excluding hydrogens is 1130 g/mol. The van der Waals surface area contributed by atoms with Gasteiger partial charge in [-0.05, 0) is 240 Å². The Kier molecular flexibility index (Phi) is 36.3. The standard InChI is InChI=1S/2C14H31N2.4C13H29N2/c1-7-10-13-11-16(8-2,9-3)12-15(13)14(4,5)6;1-7-10-13-11-15(14(4,5)6)12-16(13,8-2)9-3;1-7-12-10-15(8-2,9-3)11-14(12)13(4,5)6;1-7-12-10-14(13(4,5)6)11-15(12,8-2)9-3;1-7-13(5,6)14-11-15(8-2,9-3)10-12(14)4;1-7-13(5,6)14-10-12(4)15(8-2,9-3)11-14/h2*13H,7-12H2,1-6H3;4*12H,7-11H2,1-6H3/q6*+1. The van der Waals surface area contributed by atoms with Crippen LogP contribution < -0.4 is 0 Å². The highest BCUT2D eigenvalue weighted by Gasteiger charge is 2.51. The number of quaternary nitrogens is 6. The van der Waals surface area contributed by atoms with Crippen LogP contribution in [0.5, 0.6) is 0 Å². The topological polar surface area (TPSA) is 19.4 Å². The van der Waals surface area contributed by atoms with Crippen LogP contribution in [0.2, 0.25) is 0 Å². The Hall–Kier alpha value is -0.480. The summed E-state index contributed by atoms with van der Waals surface area (Å²) in [6, 6.07) is 4.82. The summed E-state index contributed by atoms with van der Waals surface area (Å²) in [5, 5.41) is 0. The second-order valence-corrected chi connectivity index (χ2v) is 36.2. The van der Waals surface area contributed by atoms with Crippen LogP contribution in [0.1, 0.15) is 301 Å². The van der Waals surface area contributed by atoms with Crippen molar-refractivity contribution >= 4 is 0 Å². The Balaban J connectivity index is 0.000000552. The first-order valence-electron chi connectivity index (χ1n) is 40.0. The summed E-state index contributed by atoms with van der Waals surface area (Å²) in [5.41, 5.74) is 2.05. The van der Waals surface area contributed by atoms with Crippen LogP contribution in [0, 0.1) is 0 Å². The zero-order chi connectivity index (χ0) is 71.6. The minimum Gasteiger partial charge on any atom is -0.310 e. The van der Waals surface area contributed by atoms with Crippen molar-refractivity contribution in [2.45, 2.75) is 370 Å². The zero-order valence-corrected chi connectivity index (χ0v) is 70.5. The van der Waals surface area contributed by atoms with Crippen LogP contribution in [0.15, 0.2) is 0 Å². The largest absolute Gasteiger partial charge is 0.310 e. The van der Waals surface area contributed by atoms with Crippen molar-refractivity contribution in [2.75, 3.05) is 158 Å². The quantitative estimate of drug-likeness (QED) is 0.0999. The molecule has 6 atom stereocenters. The minimum absolute atomic E-state index is 0.324. The Labute approximate surface area is 581 Å². The first-order chi connectivity index (χ1) is 42.4. The molecule has 0 bridgehead atoms. The van der Waals surface area contributed by atoms with Crippen LogP contribution >= 0.6 is 0 Å². The molecule has 92 heavy (non-hydrogen) atoms. The highest BCUT2D eigenvalue weighted by molar-refractivity contribution is 4.90. The van der Waals surface area contributed by atoms with E-state index in [-0.39, 0.29) is 0 Å². The summed E-state index contributed by atoms with van der Waals surface area (Å²) >= 11 is 0. The Morgan fingerprint density at radius 3 is 0.924 bits per heavy atom. The van der Waals surface area contributed by atoms with Gasteiger partial charge >= 0.3 is 0 Å². The van der Waals surface area contributed by atoms with E-state index >= 15 is 0 Å². The average Bonchev–Trinajstić information content (AvgIpc) is 1.71.